The first kappa shape index (κ1) is 14.2. The molecule has 2 N–H and O–H groups in total. The van der Waals surface area contributed by atoms with Gasteiger partial charge in [-0.05, 0) is 36.3 Å². The van der Waals surface area contributed by atoms with Crippen LogP contribution in [0, 0.1) is 12.8 Å². The maximum atomic E-state index is 12.0. The van der Waals surface area contributed by atoms with E-state index in [1.807, 2.05) is 7.05 Å². The summed E-state index contributed by atoms with van der Waals surface area (Å²) >= 11 is 1.69. The summed E-state index contributed by atoms with van der Waals surface area (Å²) in [5, 5.41) is 2.05. The van der Waals surface area contributed by atoms with Crippen molar-refractivity contribution in [1.29, 1.82) is 0 Å². The lowest BCUT2D eigenvalue weighted by Gasteiger charge is -2.22. The molecule has 1 atom stereocenters. The molecule has 0 bridgehead atoms. The zero-order valence-electron chi connectivity index (χ0n) is 11.1. The molecule has 1 heterocycles. The smallest absolute Gasteiger partial charge is 0.239 e. The van der Waals surface area contributed by atoms with Crippen molar-refractivity contribution >= 4 is 17.2 Å². The number of thiophene rings is 1. The third kappa shape index (κ3) is 4.13. The van der Waals surface area contributed by atoms with Gasteiger partial charge in [-0.15, -0.1) is 11.3 Å². The van der Waals surface area contributed by atoms with Gasteiger partial charge < -0.3 is 10.6 Å². The Labute approximate surface area is 108 Å². The first-order valence-corrected chi connectivity index (χ1v) is 6.83. The lowest BCUT2D eigenvalue weighted by atomic mass is 10.0. The second-order valence-electron chi connectivity index (χ2n) is 4.96. The van der Waals surface area contributed by atoms with E-state index in [-0.39, 0.29) is 11.9 Å². The molecule has 0 spiro atoms. The van der Waals surface area contributed by atoms with Crippen molar-refractivity contribution in [1.82, 2.24) is 4.90 Å². The number of aryl methyl sites for hydroxylation is 1. The fourth-order valence-electron chi connectivity index (χ4n) is 1.75. The molecule has 0 aliphatic rings. The number of rotatable bonds is 5. The first-order valence-electron chi connectivity index (χ1n) is 5.95. The molecule has 0 fully saturated rings. The largest absolute Gasteiger partial charge is 0.339 e. The SMILES string of the molecule is Cc1ccsc1CN(C)C(=O)[C@@H](N)CC(C)C. The number of nitrogens with zero attached hydrogens (tertiary/aromatic N) is 1. The number of nitrogens with two attached hydrogens (primary N) is 1. The molecule has 0 saturated carbocycles. The van der Waals surface area contributed by atoms with Crippen molar-refractivity contribution in [2.45, 2.75) is 39.8 Å². The zero-order valence-corrected chi connectivity index (χ0v) is 11.9. The van der Waals surface area contributed by atoms with E-state index in [1.54, 1.807) is 16.2 Å². The minimum atomic E-state index is -0.375. The van der Waals surface area contributed by atoms with Crippen molar-refractivity contribution in [3.8, 4) is 0 Å². The van der Waals surface area contributed by atoms with Gasteiger partial charge in [0.2, 0.25) is 5.91 Å². The Kier molecular flexibility index (Phi) is 5.15. The summed E-state index contributed by atoms with van der Waals surface area (Å²) in [4.78, 5) is 15.0. The molecule has 4 heteroatoms. The zero-order chi connectivity index (χ0) is 13.0. The molecule has 3 nitrogen and oxygen atoms in total. The predicted octanol–water partition coefficient (Wildman–Crippen LogP) is 2.39. The molecule has 1 rings (SSSR count). The number of likely N-dealkylation sites (N-methyl/N-ethyl adjacent to an activating group) is 1. The molecule has 0 unspecified atom stereocenters. The summed E-state index contributed by atoms with van der Waals surface area (Å²) in [6.07, 6.45) is 0.743. The van der Waals surface area contributed by atoms with Gasteiger partial charge in [0.25, 0.3) is 0 Å². The van der Waals surface area contributed by atoms with Crippen LogP contribution in [0.1, 0.15) is 30.7 Å². The summed E-state index contributed by atoms with van der Waals surface area (Å²) in [6.45, 7) is 6.89. The number of hydrogen-bond donors (Lipinski definition) is 1. The minimum Gasteiger partial charge on any atom is -0.339 e. The quantitative estimate of drug-likeness (QED) is 0.877. The molecule has 0 radical (unpaired) electrons. The van der Waals surface area contributed by atoms with E-state index in [0.29, 0.717) is 12.5 Å². The van der Waals surface area contributed by atoms with Crippen LogP contribution in [0.3, 0.4) is 0 Å². The van der Waals surface area contributed by atoms with Crippen LogP contribution in [0.25, 0.3) is 0 Å². The Morgan fingerprint density at radius 3 is 2.65 bits per heavy atom. The molecule has 0 aromatic carbocycles. The molecule has 1 amide bonds. The molecular formula is C13H22N2OS. The van der Waals surface area contributed by atoms with Gasteiger partial charge in [-0.3, -0.25) is 4.79 Å². The van der Waals surface area contributed by atoms with E-state index in [2.05, 4.69) is 32.2 Å². The summed E-state index contributed by atoms with van der Waals surface area (Å²) in [7, 11) is 1.82. The normalized spacial score (nSPS) is 12.8. The summed E-state index contributed by atoms with van der Waals surface area (Å²) in [5.74, 6) is 0.484. The number of carbonyl (C=O) groups excluding carboxylic acids is 1. The highest BCUT2D eigenvalue weighted by atomic mass is 32.1. The van der Waals surface area contributed by atoms with Gasteiger partial charge in [0.1, 0.15) is 0 Å². The molecule has 0 saturated heterocycles. The van der Waals surface area contributed by atoms with Gasteiger partial charge in [0, 0.05) is 11.9 Å². The van der Waals surface area contributed by atoms with E-state index in [1.165, 1.54) is 10.4 Å². The Morgan fingerprint density at radius 1 is 1.53 bits per heavy atom. The van der Waals surface area contributed by atoms with E-state index in [4.69, 9.17) is 5.73 Å². The highest BCUT2D eigenvalue weighted by molar-refractivity contribution is 7.10. The molecule has 96 valence electrons. The Morgan fingerprint density at radius 2 is 2.18 bits per heavy atom. The molecule has 0 aliphatic carbocycles. The first-order chi connectivity index (χ1) is 7.91. The van der Waals surface area contributed by atoms with Crippen molar-refractivity contribution in [2.24, 2.45) is 11.7 Å². The predicted molar refractivity (Wildman–Crippen MR) is 73.0 cm³/mol. The Bertz CT molecular complexity index is 373. The highest BCUT2D eigenvalue weighted by Gasteiger charge is 2.19. The Balaban J connectivity index is 2.55. The standard InChI is InChI=1S/C13H22N2OS/c1-9(2)7-11(14)13(16)15(4)8-12-10(3)5-6-17-12/h5-6,9,11H,7-8,14H2,1-4H3/t11-/m0/s1. The lowest BCUT2D eigenvalue weighted by Crippen LogP contribution is -2.42. The second kappa shape index (κ2) is 6.17. The van der Waals surface area contributed by atoms with Crippen LogP contribution in [0.2, 0.25) is 0 Å². The maximum Gasteiger partial charge on any atom is 0.239 e. The van der Waals surface area contributed by atoms with Crippen LogP contribution < -0.4 is 5.73 Å². The molecule has 1 aromatic heterocycles. The van der Waals surface area contributed by atoms with Gasteiger partial charge in [-0.25, -0.2) is 0 Å². The fraction of sp³-hybridized carbons (Fsp3) is 0.615. The second-order valence-corrected chi connectivity index (χ2v) is 5.96. The van der Waals surface area contributed by atoms with Gasteiger partial charge in [-0.2, -0.15) is 0 Å². The maximum absolute atomic E-state index is 12.0. The van der Waals surface area contributed by atoms with Crippen molar-refractivity contribution < 1.29 is 4.79 Å². The average molecular weight is 254 g/mol. The van der Waals surface area contributed by atoms with Gasteiger partial charge >= 0.3 is 0 Å². The molecular weight excluding hydrogens is 232 g/mol. The highest BCUT2D eigenvalue weighted by Crippen LogP contribution is 2.17. The van der Waals surface area contributed by atoms with Gasteiger partial charge in [0.15, 0.2) is 0 Å². The number of hydrogen-bond acceptors (Lipinski definition) is 3. The number of amides is 1. The minimum absolute atomic E-state index is 0.0338. The summed E-state index contributed by atoms with van der Waals surface area (Å²) in [5.41, 5.74) is 7.14. The molecule has 17 heavy (non-hydrogen) atoms. The van der Waals surface area contributed by atoms with Gasteiger partial charge in [0.05, 0.1) is 12.6 Å². The molecule has 0 aliphatic heterocycles. The third-order valence-corrected chi connectivity index (χ3v) is 3.78. The van der Waals surface area contributed by atoms with Gasteiger partial charge in [-0.1, -0.05) is 13.8 Å². The van der Waals surface area contributed by atoms with Crippen LogP contribution >= 0.6 is 11.3 Å². The lowest BCUT2D eigenvalue weighted by molar-refractivity contribution is -0.132. The Hall–Kier alpha value is -0.870. The van der Waals surface area contributed by atoms with Crippen molar-refractivity contribution in [3.05, 3.63) is 21.9 Å². The topological polar surface area (TPSA) is 46.3 Å². The van der Waals surface area contributed by atoms with Crippen molar-refractivity contribution in [3.63, 3.8) is 0 Å². The fourth-order valence-corrected chi connectivity index (χ4v) is 2.71. The van der Waals surface area contributed by atoms with Crippen LogP contribution in [0.5, 0.6) is 0 Å². The van der Waals surface area contributed by atoms with E-state index in [9.17, 15) is 4.79 Å². The van der Waals surface area contributed by atoms with E-state index >= 15 is 0 Å². The monoisotopic (exact) mass is 254 g/mol. The summed E-state index contributed by atoms with van der Waals surface area (Å²) in [6, 6.07) is 1.70. The van der Waals surface area contributed by atoms with Crippen LogP contribution in [-0.2, 0) is 11.3 Å². The third-order valence-electron chi connectivity index (χ3n) is 2.77. The van der Waals surface area contributed by atoms with Crippen LogP contribution in [0.15, 0.2) is 11.4 Å². The van der Waals surface area contributed by atoms with E-state index in [0.717, 1.165) is 6.42 Å². The average Bonchev–Trinajstić information content (AvgIpc) is 2.62. The van der Waals surface area contributed by atoms with Crippen LogP contribution in [-0.4, -0.2) is 23.9 Å². The van der Waals surface area contributed by atoms with Crippen molar-refractivity contribution in [2.75, 3.05) is 7.05 Å². The number of carbonyl (C=O) groups is 1. The van der Waals surface area contributed by atoms with E-state index < -0.39 is 0 Å². The molecule has 1 aromatic rings. The summed E-state index contributed by atoms with van der Waals surface area (Å²) < 4.78 is 0. The van der Waals surface area contributed by atoms with Crippen LogP contribution in [0.4, 0.5) is 0 Å².